The molecule has 2 aromatic heterocycles. The van der Waals surface area contributed by atoms with E-state index in [4.69, 9.17) is 14.2 Å². The van der Waals surface area contributed by atoms with Gasteiger partial charge in [-0.05, 0) is 24.3 Å². The Morgan fingerprint density at radius 2 is 1.65 bits per heavy atom. The van der Waals surface area contributed by atoms with Crippen LogP contribution in [0.2, 0.25) is 0 Å². The normalized spacial score (nSPS) is 10.8. The Kier molecular flexibility index (Phi) is 4.40. The van der Waals surface area contributed by atoms with E-state index in [2.05, 4.69) is 15.3 Å². The number of ether oxygens (including phenoxy) is 3. The second kappa shape index (κ2) is 7.01. The molecule has 0 bridgehead atoms. The minimum atomic E-state index is 0.346. The van der Waals surface area contributed by atoms with E-state index in [1.165, 1.54) is 11.3 Å². The van der Waals surface area contributed by atoms with Gasteiger partial charge in [0.15, 0.2) is 10.8 Å². The first-order chi connectivity index (χ1) is 12.8. The van der Waals surface area contributed by atoms with Crippen molar-refractivity contribution in [1.29, 1.82) is 0 Å². The van der Waals surface area contributed by atoms with Gasteiger partial charge >= 0.3 is 0 Å². The number of hydrogen-bond donors (Lipinski definition) is 0. The van der Waals surface area contributed by atoms with Gasteiger partial charge in [-0.25, -0.2) is 0 Å². The van der Waals surface area contributed by atoms with Crippen molar-refractivity contribution in [2.45, 2.75) is 6.61 Å². The van der Waals surface area contributed by atoms with Crippen molar-refractivity contribution in [3.05, 3.63) is 53.5 Å². The number of methoxy groups -OCH3 is 2. The zero-order valence-corrected chi connectivity index (χ0v) is 15.1. The first-order valence-electron chi connectivity index (χ1n) is 7.89. The topological polar surface area (TPSA) is 70.8 Å². The molecule has 0 aliphatic carbocycles. The summed E-state index contributed by atoms with van der Waals surface area (Å²) in [5.74, 6) is 2.91. The molecule has 0 saturated heterocycles. The third-order valence-electron chi connectivity index (χ3n) is 3.76. The molecule has 0 atom stereocenters. The van der Waals surface area contributed by atoms with Gasteiger partial charge in [-0.15, -0.1) is 10.2 Å². The zero-order chi connectivity index (χ0) is 17.9. The van der Waals surface area contributed by atoms with Crippen LogP contribution in [-0.2, 0) is 6.61 Å². The standard InChI is InChI=1S/C18H16N4O3S/c1-23-13-6-3-5-12(9-13)17-19-20-18-22(17)21-16(26-18)11-25-15-8-4-7-14(10-15)24-2/h3-10H,11H2,1-2H3. The quantitative estimate of drug-likeness (QED) is 0.519. The van der Waals surface area contributed by atoms with E-state index in [-0.39, 0.29) is 0 Å². The van der Waals surface area contributed by atoms with E-state index in [1.54, 1.807) is 18.7 Å². The Morgan fingerprint density at radius 3 is 2.46 bits per heavy atom. The largest absolute Gasteiger partial charge is 0.497 e. The molecule has 26 heavy (non-hydrogen) atoms. The lowest BCUT2D eigenvalue weighted by Gasteiger charge is -2.05. The number of benzene rings is 2. The zero-order valence-electron chi connectivity index (χ0n) is 14.2. The van der Waals surface area contributed by atoms with Crippen molar-refractivity contribution in [2.24, 2.45) is 0 Å². The number of fused-ring (bicyclic) bond motifs is 1. The molecule has 7 nitrogen and oxygen atoms in total. The van der Waals surface area contributed by atoms with E-state index in [1.807, 2.05) is 48.5 Å². The van der Waals surface area contributed by atoms with Gasteiger partial charge in [-0.1, -0.05) is 29.5 Å². The molecule has 0 unspecified atom stereocenters. The summed E-state index contributed by atoms with van der Waals surface area (Å²) < 4.78 is 18.0. The summed E-state index contributed by atoms with van der Waals surface area (Å²) >= 11 is 1.44. The van der Waals surface area contributed by atoms with Crippen LogP contribution < -0.4 is 14.2 Å². The van der Waals surface area contributed by atoms with Crippen LogP contribution in [-0.4, -0.2) is 34.0 Å². The van der Waals surface area contributed by atoms with E-state index in [9.17, 15) is 0 Å². The van der Waals surface area contributed by atoms with Gasteiger partial charge in [-0.2, -0.15) is 9.61 Å². The molecule has 2 heterocycles. The highest BCUT2D eigenvalue weighted by Gasteiger charge is 2.14. The predicted molar refractivity (Wildman–Crippen MR) is 98.0 cm³/mol. The van der Waals surface area contributed by atoms with Crippen molar-refractivity contribution in [1.82, 2.24) is 19.8 Å². The molecule has 0 aliphatic heterocycles. The molecule has 4 rings (SSSR count). The molecule has 0 aliphatic rings. The molecule has 0 amide bonds. The SMILES string of the molecule is COc1cccc(OCc2nn3c(-c4cccc(OC)c4)nnc3s2)c1. The number of rotatable bonds is 6. The summed E-state index contributed by atoms with van der Waals surface area (Å²) in [5.41, 5.74) is 0.891. The fourth-order valence-electron chi connectivity index (χ4n) is 2.49. The minimum Gasteiger partial charge on any atom is -0.497 e. The fourth-order valence-corrected chi connectivity index (χ4v) is 3.24. The summed E-state index contributed by atoms with van der Waals surface area (Å²) in [4.78, 5) is 0.715. The average molecular weight is 368 g/mol. The van der Waals surface area contributed by atoms with E-state index < -0.39 is 0 Å². The van der Waals surface area contributed by atoms with Crippen molar-refractivity contribution < 1.29 is 14.2 Å². The third-order valence-corrected chi connectivity index (χ3v) is 4.64. The molecular weight excluding hydrogens is 352 g/mol. The predicted octanol–water partition coefficient (Wildman–Crippen LogP) is 3.45. The van der Waals surface area contributed by atoms with E-state index in [0.717, 1.165) is 27.8 Å². The van der Waals surface area contributed by atoms with Crippen molar-refractivity contribution >= 4 is 16.3 Å². The Morgan fingerprint density at radius 1 is 0.923 bits per heavy atom. The molecule has 0 saturated carbocycles. The highest BCUT2D eigenvalue weighted by Crippen LogP contribution is 2.25. The van der Waals surface area contributed by atoms with Crippen molar-refractivity contribution in [3.8, 4) is 28.6 Å². The number of aromatic nitrogens is 4. The van der Waals surface area contributed by atoms with Crippen molar-refractivity contribution in [3.63, 3.8) is 0 Å². The molecule has 0 radical (unpaired) electrons. The van der Waals surface area contributed by atoms with Crippen LogP contribution in [0.1, 0.15) is 5.01 Å². The Balaban J connectivity index is 1.57. The first-order valence-corrected chi connectivity index (χ1v) is 8.71. The Hall–Kier alpha value is -3.13. The molecule has 0 fully saturated rings. The van der Waals surface area contributed by atoms with Crippen LogP contribution in [0.25, 0.3) is 16.3 Å². The second-order valence-corrected chi connectivity index (χ2v) is 6.45. The van der Waals surface area contributed by atoms with Crippen LogP contribution in [0.5, 0.6) is 17.2 Å². The average Bonchev–Trinajstić information content (AvgIpc) is 3.27. The number of hydrogen-bond acceptors (Lipinski definition) is 7. The number of nitrogens with zero attached hydrogens (tertiary/aromatic N) is 4. The van der Waals surface area contributed by atoms with Gasteiger partial charge in [0.25, 0.3) is 0 Å². The molecule has 0 N–H and O–H groups in total. The van der Waals surface area contributed by atoms with Crippen LogP contribution in [0.4, 0.5) is 0 Å². The Bertz CT molecular complexity index is 1040. The lowest BCUT2D eigenvalue weighted by atomic mass is 10.2. The molecule has 4 aromatic rings. The minimum absolute atomic E-state index is 0.346. The molecule has 8 heteroatoms. The summed E-state index contributed by atoms with van der Waals surface area (Å²) in [7, 11) is 3.26. The summed E-state index contributed by atoms with van der Waals surface area (Å²) in [5, 5.41) is 13.8. The second-order valence-electron chi connectivity index (χ2n) is 5.41. The summed E-state index contributed by atoms with van der Waals surface area (Å²) in [6, 6.07) is 15.1. The monoisotopic (exact) mass is 368 g/mol. The van der Waals surface area contributed by atoms with Crippen LogP contribution in [0, 0.1) is 0 Å². The van der Waals surface area contributed by atoms with Gasteiger partial charge in [-0.3, -0.25) is 0 Å². The van der Waals surface area contributed by atoms with Gasteiger partial charge in [0, 0.05) is 11.6 Å². The van der Waals surface area contributed by atoms with Crippen LogP contribution >= 0.6 is 11.3 Å². The molecule has 2 aromatic carbocycles. The molecule has 0 spiro atoms. The van der Waals surface area contributed by atoms with Crippen molar-refractivity contribution in [2.75, 3.05) is 14.2 Å². The highest BCUT2D eigenvalue weighted by atomic mass is 32.1. The Labute approximate surface area is 153 Å². The van der Waals surface area contributed by atoms with Gasteiger partial charge in [0.05, 0.1) is 14.2 Å². The highest BCUT2D eigenvalue weighted by molar-refractivity contribution is 7.16. The lowest BCUT2D eigenvalue weighted by molar-refractivity contribution is 0.301. The van der Waals surface area contributed by atoms with Crippen LogP contribution in [0.3, 0.4) is 0 Å². The smallest absolute Gasteiger partial charge is 0.235 e. The van der Waals surface area contributed by atoms with Gasteiger partial charge in [0.2, 0.25) is 4.96 Å². The third kappa shape index (κ3) is 3.18. The molecule has 132 valence electrons. The van der Waals surface area contributed by atoms with E-state index >= 15 is 0 Å². The van der Waals surface area contributed by atoms with Gasteiger partial charge in [0.1, 0.15) is 23.9 Å². The maximum atomic E-state index is 5.80. The van der Waals surface area contributed by atoms with E-state index in [0.29, 0.717) is 17.4 Å². The summed E-state index contributed by atoms with van der Waals surface area (Å²) in [6.07, 6.45) is 0. The first kappa shape index (κ1) is 16.3. The van der Waals surface area contributed by atoms with Crippen LogP contribution in [0.15, 0.2) is 48.5 Å². The lowest BCUT2D eigenvalue weighted by Crippen LogP contribution is -1.98. The fraction of sp³-hybridized carbons (Fsp3) is 0.167. The van der Waals surface area contributed by atoms with Gasteiger partial charge < -0.3 is 14.2 Å². The maximum Gasteiger partial charge on any atom is 0.235 e. The maximum absolute atomic E-state index is 5.80. The summed E-state index contributed by atoms with van der Waals surface area (Å²) in [6.45, 7) is 0.346. The molecular formula is C18H16N4O3S.